The number of nitrogens with zero attached hydrogens (tertiary/aromatic N) is 2. The van der Waals surface area contributed by atoms with Crippen molar-refractivity contribution in [2.24, 2.45) is 0 Å². The van der Waals surface area contributed by atoms with Gasteiger partial charge in [-0.1, -0.05) is 25.7 Å². The van der Waals surface area contributed by atoms with Crippen molar-refractivity contribution >= 4 is 17.5 Å². The van der Waals surface area contributed by atoms with Gasteiger partial charge in [-0.15, -0.1) is 0 Å². The van der Waals surface area contributed by atoms with Gasteiger partial charge >= 0.3 is 0 Å². The first-order valence-corrected chi connectivity index (χ1v) is 8.48. The average molecular weight is 346 g/mol. The lowest BCUT2D eigenvalue weighted by atomic mass is 10.1. The number of amides is 1. The predicted octanol–water partition coefficient (Wildman–Crippen LogP) is 3.95. The quantitative estimate of drug-likeness (QED) is 0.823. The fraction of sp³-hybridized carbons (Fsp3) is 0.389. The molecule has 0 saturated heterocycles. The number of carbonyl (C=O) groups is 1. The second-order valence-electron chi connectivity index (χ2n) is 6.18. The Morgan fingerprint density at radius 1 is 1.08 bits per heavy atom. The first-order chi connectivity index (χ1) is 12.1. The molecule has 2 aromatic rings. The van der Waals surface area contributed by atoms with Gasteiger partial charge in [0.05, 0.1) is 5.69 Å². The van der Waals surface area contributed by atoms with Crippen LogP contribution in [0.2, 0.25) is 0 Å². The number of halogens is 2. The van der Waals surface area contributed by atoms with Crippen molar-refractivity contribution in [3.8, 4) is 0 Å². The molecule has 5 nitrogen and oxygen atoms in total. The number of rotatable bonds is 4. The molecule has 0 unspecified atom stereocenters. The summed E-state index contributed by atoms with van der Waals surface area (Å²) in [4.78, 5) is 20.5. The molecule has 0 spiro atoms. The van der Waals surface area contributed by atoms with Crippen LogP contribution in [0.4, 0.5) is 20.4 Å². The Balaban J connectivity index is 1.68. The zero-order valence-electron chi connectivity index (χ0n) is 13.8. The van der Waals surface area contributed by atoms with Gasteiger partial charge in [-0.25, -0.2) is 18.7 Å². The normalized spacial score (nSPS) is 15.4. The lowest BCUT2D eigenvalue weighted by Gasteiger charge is -2.16. The maximum absolute atomic E-state index is 13.7. The van der Waals surface area contributed by atoms with Crippen LogP contribution in [0.15, 0.2) is 30.5 Å². The van der Waals surface area contributed by atoms with Crippen LogP contribution in [0.5, 0.6) is 0 Å². The minimum absolute atomic E-state index is 0.0442. The number of anilines is 2. The van der Waals surface area contributed by atoms with Crippen LogP contribution in [-0.4, -0.2) is 21.9 Å². The average Bonchev–Trinajstić information content (AvgIpc) is 2.86. The monoisotopic (exact) mass is 346 g/mol. The number of hydrogen-bond donors (Lipinski definition) is 2. The van der Waals surface area contributed by atoms with Crippen LogP contribution in [0, 0.1) is 11.6 Å². The standard InChI is InChI=1S/C18H20F2N4O/c19-12-7-8-15(14(20)11-12)23-18-21-10-9-16(24-18)17(25)22-13-5-3-1-2-4-6-13/h7-11,13H,1-6H2,(H,22,25)(H,21,23,24). The van der Waals surface area contributed by atoms with Gasteiger partial charge in [0.15, 0.2) is 0 Å². The lowest BCUT2D eigenvalue weighted by molar-refractivity contribution is 0.0928. The van der Waals surface area contributed by atoms with Crippen molar-refractivity contribution in [3.63, 3.8) is 0 Å². The van der Waals surface area contributed by atoms with E-state index in [1.165, 1.54) is 31.2 Å². The zero-order valence-corrected chi connectivity index (χ0v) is 13.8. The lowest BCUT2D eigenvalue weighted by Crippen LogP contribution is -2.35. The molecule has 1 aliphatic rings. The number of carbonyl (C=O) groups excluding carboxylic acids is 1. The van der Waals surface area contributed by atoms with Crippen molar-refractivity contribution in [1.29, 1.82) is 0 Å². The van der Waals surface area contributed by atoms with Gasteiger partial charge in [0, 0.05) is 18.3 Å². The van der Waals surface area contributed by atoms with Gasteiger partial charge < -0.3 is 10.6 Å². The highest BCUT2D eigenvalue weighted by Crippen LogP contribution is 2.19. The molecular weight excluding hydrogens is 326 g/mol. The highest BCUT2D eigenvalue weighted by molar-refractivity contribution is 5.92. The molecule has 3 rings (SSSR count). The number of benzene rings is 1. The molecule has 0 aliphatic heterocycles. The second kappa shape index (κ2) is 8.00. The molecule has 1 aromatic heterocycles. The molecule has 1 fully saturated rings. The molecule has 0 atom stereocenters. The maximum Gasteiger partial charge on any atom is 0.270 e. The number of aromatic nitrogens is 2. The molecule has 0 bridgehead atoms. The zero-order chi connectivity index (χ0) is 17.6. The molecular formula is C18H20F2N4O. The maximum atomic E-state index is 13.7. The summed E-state index contributed by atoms with van der Waals surface area (Å²) >= 11 is 0. The Kier molecular flexibility index (Phi) is 5.53. The Morgan fingerprint density at radius 2 is 1.84 bits per heavy atom. The Hall–Kier alpha value is -2.57. The Bertz CT molecular complexity index is 746. The summed E-state index contributed by atoms with van der Waals surface area (Å²) in [6.45, 7) is 0. The molecule has 1 heterocycles. The van der Waals surface area contributed by atoms with Gasteiger partial charge in [0.2, 0.25) is 5.95 Å². The predicted molar refractivity (Wildman–Crippen MR) is 90.6 cm³/mol. The minimum atomic E-state index is -0.753. The largest absolute Gasteiger partial charge is 0.348 e. The van der Waals surface area contributed by atoms with E-state index in [0.29, 0.717) is 0 Å². The summed E-state index contributed by atoms with van der Waals surface area (Å²) in [5, 5.41) is 5.67. The third-order valence-electron chi connectivity index (χ3n) is 4.26. The van der Waals surface area contributed by atoms with E-state index >= 15 is 0 Å². The molecule has 1 saturated carbocycles. The minimum Gasteiger partial charge on any atom is -0.348 e. The molecule has 1 aromatic carbocycles. The van der Waals surface area contributed by atoms with Gasteiger partial charge in [-0.3, -0.25) is 4.79 Å². The molecule has 0 radical (unpaired) electrons. The van der Waals surface area contributed by atoms with Crippen molar-refractivity contribution in [2.75, 3.05) is 5.32 Å². The van der Waals surface area contributed by atoms with Gasteiger partial charge in [0.25, 0.3) is 5.91 Å². The topological polar surface area (TPSA) is 66.9 Å². The molecule has 132 valence electrons. The molecule has 1 amide bonds. The third-order valence-corrected chi connectivity index (χ3v) is 4.26. The highest BCUT2D eigenvalue weighted by atomic mass is 19.1. The summed E-state index contributed by atoms with van der Waals surface area (Å²) < 4.78 is 26.7. The van der Waals surface area contributed by atoms with E-state index in [0.717, 1.165) is 37.8 Å². The first kappa shape index (κ1) is 17.3. The van der Waals surface area contributed by atoms with E-state index in [4.69, 9.17) is 0 Å². The van der Waals surface area contributed by atoms with E-state index < -0.39 is 11.6 Å². The van der Waals surface area contributed by atoms with Crippen LogP contribution < -0.4 is 10.6 Å². The molecule has 2 N–H and O–H groups in total. The molecule has 1 aliphatic carbocycles. The SMILES string of the molecule is O=C(NC1CCCCCC1)c1ccnc(Nc2ccc(F)cc2F)n1. The smallest absolute Gasteiger partial charge is 0.270 e. The van der Waals surface area contributed by atoms with Crippen molar-refractivity contribution in [1.82, 2.24) is 15.3 Å². The van der Waals surface area contributed by atoms with Gasteiger partial charge in [-0.2, -0.15) is 0 Å². The Labute approximate surface area is 144 Å². The van der Waals surface area contributed by atoms with E-state index in [2.05, 4.69) is 20.6 Å². The van der Waals surface area contributed by atoms with E-state index in [1.54, 1.807) is 0 Å². The van der Waals surface area contributed by atoms with E-state index in [1.807, 2.05) is 0 Å². The molecule has 25 heavy (non-hydrogen) atoms. The van der Waals surface area contributed by atoms with Crippen LogP contribution in [0.1, 0.15) is 49.0 Å². The first-order valence-electron chi connectivity index (χ1n) is 8.48. The number of nitrogens with one attached hydrogen (secondary N) is 2. The van der Waals surface area contributed by atoms with Gasteiger partial charge in [0.1, 0.15) is 17.3 Å². The van der Waals surface area contributed by atoms with Crippen molar-refractivity contribution in [2.45, 2.75) is 44.6 Å². The highest BCUT2D eigenvalue weighted by Gasteiger charge is 2.17. The van der Waals surface area contributed by atoms with Crippen LogP contribution >= 0.6 is 0 Å². The fourth-order valence-electron chi connectivity index (χ4n) is 2.94. The summed E-state index contributed by atoms with van der Waals surface area (Å²) in [7, 11) is 0. The second-order valence-corrected chi connectivity index (χ2v) is 6.18. The van der Waals surface area contributed by atoms with E-state index in [9.17, 15) is 13.6 Å². The summed E-state index contributed by atoms with van der Waals surface area (Å²) in [5.41, 5.74) is 0.256. The summed E-state index contributed by atoms with van der Waals surface area (Å²) in [6.07, 6.45) is 8.02. The van der Waals surface area contributed by atoms with Gasteiger partial charge in [-0.05, 0) is 31.0 Å². The molecule has 7 heteroatoms. The Morgan fingerprint density at radius 3 is 2.56 bits per heavy atom. The fourth-order valence-corrected chi connectivity index (χ4v) is 2.94. The van der Waals surface area contributed by atoms with Crippen LogP contribution in [0.25, 0.3) is 0 Å². The third kappa shape index (κ3) is 4.71. The number of hydrogen-bond acceptors (Lipinski definition) is 4. The summed E-state index contributed by atoms with van der Waals surface area (Å²) in [5.74, 6) is -1.60. The van der Waals surface area contributed by atoms with Crippen LogP contribution in [0.3, 0.4) is 0 Å². The van der Waals surface area contributed by atoms with Crippen molar-refractivity contribution in [3.05, 3.63) is 47.8 Å². The summed E-state index contributed by atoms with van der Waals surface area (Å²) in [6, 6.07) is 4.83. The van der Waals surface area contributed by atoms with E-state index in [-0.39, 0.29) is 29.3 Å². The van der Waals surface area contributed by atoms with Crippen molar-refractivity contribution < 1.29 is 13.6 Å². The van der Waals surface area contributed by atoms with Crippen LogP contribution in [-0.2, 0) is 0 Å².